The van der Waals surface area contributed by atoms with E-state index in [1.807, 2.05) is 6.20 Å². The van der Waals surface area contributed by atoms with Crippen molar-refractivity contribution in [1.82, 2.24) is 10.3 Å². The predicted molar refractivity (Wildman–Crippen MR) is 80.1 cm³/mol. The van der Waals surface area contributed by atoms with Crippen molar-refractivity contribution in [3.8, 4) is 0 Å². The molecule has 0 bridgehead atoms. The fourth-order valence-electron chi connectivity index (χ4n) is 1.68. The molecule has 0 aliphatic rings. The van der Waals surface area contributed by atoms with Gasteiger partial charge in [-0.1, -0.05) is 6.92 Å². The Morgan fingerprint density at radius 1 is 1.26 bits per heavy atom. The molecular formula is C13H25N3O2S. The van der Waals surface area contributed by atoms with E-state index in [9.17, 15) is 0 Å². The summed E-state index contributed by atoms with van der Waals surface area (Å²) in [6.07, 6.45) is 2.96. The standard InChI is InChI=1S/C13H25N3O2S/c1-4-14-10-12-11-15-13(19-12)16(7-9-18-3)6-5-8-17-2/h11,14H,4-10H2,1-3H3. The first-order valence-corrected chi connectivity index (χ1v) is 7.51. The van der Waals surface area contributed by atoms with Crippen LogP contribution in [0.2, 0.25) is 0 Å². The van der Waals surface area contributed by atoms with Gasteiger partial charge in [-0.3, -0.25) is 0 Å². The molecule has 6 heteroatoms. The zero-order valence-corrected chi connectivity index (χ0v) is 13.0. The molecule has 1 N–H and O–H groups in total. The Morgan fingerprint density at radius 3 is 2.74 bits per heavy atom. The highest BCUT2D eigenvalue weighted by atomic mass is 32.1. The second-order valence-electron chi connectivity index (χ2n) is 4.22. The van der Waals surface area contributed by atoms with Crippen molar-refractivity contribution in [2.75, 3.05) is 52.0 Å². The molecule has 0 spiro atoms. The zero-order chi connectivity index (χ0) is 13.9. The zero-order valence-electron chi connectivity index (χ0n) is 12.1. The molecule has 0 atom stereocenters. The predicted octanol–water partition coefficient (Wildman–Crippen LogP) is 1.74. The first kappa shape index (κ1) is 16.4. The van der Waals surface area contributed by atoms with E-state index in [0.29, 0.717) is 0 Å². The lowest BCUT2D eigenvalue weighted by Gasteiger charge is -2.21. The maximum Gasteiger partial charge on any atom is 0.185 e. The summed E-state index contributed by atoms with van der Waals surface area (Å²) in [5.41, 5.74) is 0. The van der Waals surface area contributed by atoms with Crippen LogP contribution < -0.4 is 10.2 Å². The summed E-state index contributed by atoms with van der Waals surface area (Å²) in [5.74, 6) is 0. The van der Waals surface area contributed by atoms with E-state index in [0.717, 1.165) is 50.9 Å². The van der Waals surface area contributed by atoms with E-state index in [1.165, 1.54) is 4.88 Å². The van der Waals surface area contributed by atoms with E-state index in [-0.39, 0.29) is 0 Å². The van der Waals surface area contributed by atoms with Crippen molar-refractivity contribution < 1.29 is 9.47 Å². The Morgan fingerprint density at radius 2 is 2.05 bits per heavy atom. The molecule has 0 radical (unpaired) electrons. The van der Waals surface area contributed by atoms with Gasteiger partial charge in [0.05, 0.1) is 6.61 Å². The van der Waals surface area contributed by atoms with Crippen LogP contribution in [0.5, 0.6) is 0 Å². The molecule has 0 unspecified atom stereocenters. The van der Waals surface area contributed by atoms with Crippen LogP contribution in [0.4, 0.5) is 5.13 Å². The van der Waals surface area contributed by atoms with Crippen molar-refractivity contribution in [1.29, 1.82) is 0 Å². The second kappa shape index (κ2) is 10.1. The van der Waals surface area contributed by atoms with Gasteiger partial charge in [0, 0.05) is 51.5 Å². The van der Waals surface area contributed by atoms with Crippen molar-refractivity contribution in [3.05, 3.63) is 11.1 Å². The van der Waals surface area contributed by atoms with Gasteiger partial charge < -0.3 is 19.7 Å². The normalized spacial score (nSPS) is 10.9. The van der Waals surface area contributed by atoms with E-state index >= 15 is 0 Å². The van der Waals surface area contributed by atoms with Crippen molar-refractivity contribution in [2.24, 2.45) is 0 Å². The number of rotatable bonds is 11. The molecule has 0 aliphatic heterocycles. The molecule has 0 aromatic carbocycles. The summed E-state index contributed by atoms with van der Waals surface area (Å²) < 4.78 is 10.3. The number of ether oxygens (including phenoxy) is 2. The van der Waals surface area contributed by atoms with Crippen LogP contribution in [0, 0.1) is 0 Å². The van der Waals surface area contributed by atoms with Crippen LogP contribution in [0.15, 0.2) is 6.20 Å². The monoisotopic (exact) mass is 287 g/mol. The molecule has 1 heterocycles. The van der Waals surface area contributed by atoms with Crippen molar-refractivity contribution in [2.45, 2.75) is 19.9 Å². The number of aromatic nitrogens is 1. The minimum Gasteiger partial charge on any atom is -0.385 e. The summed E-state index contributed by atoms with van der Waals surface area (Å²) in [7, 11) is 3.46. The summed E-state index contributed by atoms with van der Waals surface area (Å²) in [6, 6.07) is 0. The molecule has 1 rings (SSSR count). The van der Waals surface area contributed by atoms with Gasteiger partial charge in [-0.15, -0.1) is 11.3 Å². The SMILES string of the molecule is CCNCc1cnc(N(CCCOC)CCOC)s1. The highest BCUT2D eigenvalue weighted by Crippen LogP contribution is 2.22. The number of nitrogens with zero attached hydrogens (tertiary/aromatic N) is 2. The van der Waals surface area contributed by atoms with Crippen LogP contribution in [0.3, 0.4) is 0 Å². The Labute approximate surface area is 119 Å². The third kappa shape index (κ3) is 6.33. The Kier molecular flexibility index (Phi) is 8.73. The first-order chi connectivity index (χ1) is 9.31. The summed E-state index contributed by atoms with van der Waals surface area (Å²) in [6.45, 7) is 7.30. The first-order valence-electron chi connectivity index (χ1n) is 6.70. The van der Waals surface area contributed by atoms with Gasteiger partial charge in [0.1, 0.15) is 0 Å². The number of anilines is 1. The molecule has 110 valence electrons. The topological polar surface area (TPSA) is 46.6 Å². The lowest BCUT2D eigenvalue weighted by Crippen LogP contribution is -2.28. The molecular weight excluding hydrogens is 262 g/mol. The molecule has 0 saturated carbocycles. The van der Waals surface area contributed by atoms with Gasteiger partial charge in [-0.05, 0) is 13.0 Å². The van der Waals surface area contributed by atoms with Crippen LogP contribution in [0.1, 0.15) is 18.2 Å². The van der Waals surface area contributed by atoms with Gasteiger partial charge >= 0.3 is 0 Å². The number of thiazole rings is 1. The van der Waals surface area contributed by atoms with E-state index in [1.54, 1.807) is 25.6 Å². The fourth-order valence-corrected chi connectivity index (χ4v) is 2.61. The van der Waals surface area contributed by atoms with Gasteiger partial charge in [-0.2, -0.15) is 0 Å². The average molecular weight is 287 g/mol. The highest BCUT2D eigenvalue weighted by molar-refractivity contribution is 7.15. The molecule has 0 fully saturated rings. The molecule has 19 heavy (non-hydrogen) atoms. The van der Waals surface area contributed by atoms with E-state index in [4.69, 9.17) is 9.47 Å². The quantitative estimate of drug-likeness (QED) is 0.628. The number of hydrogen-bond acceptors (Lipinski definition) is 6. The number of hydrogen-bond donors (Lipinski definition) is 1. The lowest BCUT2D eigenvalue weighted by atomic mass is 10.4. The smallest absolute Gasteiger partial charge is 0.185 e. The van der Waals surface area contributed by atoms with Gasteiger partial charge in [0.15, 0.2) is 5.13 Å². The Bertz CT molecular complexity index is 333. The van der Waals surface area contributed by atoms with E-state index < -0.39 is 0 Å². The summed E-state index contributed by atoms with van der Waals surface area (Å²) in [5, 5.41) is 4.39. The van der Waals surface area contributed by atoms with Crippen LogP contribution in [0.25, 0.3) is 0 Å². The number of methoxy groups -OCH3 is 2. The molecule has 0 amide bonds. The minimum atomic E-state index is 0.717. The van der Waals surface area contributed by atoms with Crippen molar-refractivity contribution >= 4 is 16.5 Å². The highest BCUT2D eigenvalue weighted by Gasteiger charge is 2.10. The van der Waals surface area contributed by atoms with Crippen LogP contribution in [-0.4, -0.2) is 52.1 Å². The molecule has 1 aromatic rings. The van der Waals surface area contributed by atoms with Gasteiger partial charge in [0.25, 0.3) is 0 Å². The Balaban J connectivity index is 2.53. The second-order valence-corrected chi connectivity index (χ2v) is 5.31. The average Bonchev–Trinajstić information content (AvgIpc) is 2.89. The maximum absolute atomic E-state index is 5.16. The lowest BCUT2D eigenvalue weighted by molar-refractivity contribution is 0.191. The molecule has 1 aromatic heterocycles. The fraction of sp³-hybridized carbons (Fsp3) is 0.769. The maximum atomic E-state index is 5.16. The Hall–Kier alpha value is -0.690. The van der Waals surface area contributed by atoms with Gasteiger partial charge in [0.2, 0.25) is 0 Å². The summed E-state index contributed by atoms with van der Waals surface area (Å²) in [4.78, 5) is 8.05. The van der Waals surface area contributed by atoms with Crippen LogP contribution in [-0.2, 0) is 16.0 Å². The largest absolute Gasteiger partial charge is 0.385 e. The summed E-state index contributed by atoms with van der Waals surface area (Å²) >= 11 is 1.75. The molecule has 0 aliphatic carbocycles. The van der Waals surface area contributed by atoms with Gasteiger partial charge in [-0.25, -0.2) is 4.98 Å². The van der Waals surface area contributed by atoms with Crippen LogP contribution >= 0.6 is 11.3 Å². The number of nitrogens with one attached hydrogen (secondary N) is 1. The van der Waals surface area contributed by atoms with Crippen molar-refractivity contribution in [3.63, 3.8) is 0 Å². The third-order valence-electron chi connectivity index (χ3n) is 2.70. The molecule has 5 nitrogen and oxygen atoms in total. The minimum absolute atomic E-state index is 0.717. The molecule has 0 saturated heterocycles. The third-order valence-corrected chi connectivity index (χ3v) is 3.76. The van der Waals surface area contributed by atoms with E-state index in [2.05, 4.69) is 22.1 Å².